The van der Waals surface area contributed by atoms with Gasteiger partial charge in [0.25, 0.3) is 0 Å². The summed E-state index contributed by atoms with van der Waals surface area (Å²) in [6.07, 6.45) is 5.59. The molecule has 0 fully saturated rings. The Morgan fingerprint density at radius 1 is 1.07 bits per heavy atom. The van der Waals surface area contributed by atoms with Gasteiger partial charge in [-0.25, -0.2) is 15.0 Å². The molecular formula is C23H26N6S. The summed E-state index contributed by atoms with van der Waals surface area (Å²) in [5.74, 6) is 0.844. The molecule has 0 amide bonds. The van der Waals surface area contributed by atoms with Gasteiger partial charge in [-0.2, -0.15) is 0 Å². The van der Waals surface area contributed by atoms with Crippen molar-refractivity contribution in [3.8, 4) is 17.1 Å². The van der Waals surface area contributed by atoms with Crippen molar-refractivity contribution in [1.82, 2.24) is 19.5 Å². The highest BCUT2D eigenvalue weighted by atomic mass is 32.1. The van der Waals surface area contributed by atoms with E-state index in [9.17, 15) is 0 Å². The third-order valence-corrected chi connectivity index (χ3v) is 5.87. The number of nitrogens with zero attached hydrogens (tertiary/aromatic N) is 5. The van der Waals surface area contributed by atoms with E-state index in [1.807, 2.05) is 36.0 Å². The van der Waals surface area contributed by atoms with Crippen molar-refractivity contribution < 1.29 is 0 Å². The molecule has 0 aliphatic rings. The molecular weight excluding hydrogens is 392 g/mol. The lowest BCUT2D eigenvalue weighted by atomic mass is 10.1. The van der Waals surface area contributed by atoms with Gasteiger partial charge in [0.2, 0.25) is 0 Å². The second-order valence-electron chi connectivity index (χ2n) is 7.16. The monoisotopic (exact) mass is 418 g/mol. The zero-order chi connectivity index (χ0) is 21.1. The number of aromatic nitrogens is 4. The van der Waals surface area contributed by atoms with Gasteiger partial charge in [0.1, 0.15) is 12.1 Å². The third kappa shape index (κ3) is 4.21. The minimum absolute atomic E-state index is 0.844. The van der Waals surface area contributed by atoms with Crippen molar-refractivity contribution in [3.05, 3.63) is 65.7 Å². The van der Waals surface area contributed by atoms with Crippen molar-refractivity contribution in [1.29, 1.82) is 0 Å². The van der Waals surface area contributed by atoms with Crippen LogP contribution in [0.25, 0.3) is 17.1 Å². The normalized spacial score (nSPS) is 10.9. The van der Waals surface area contributed by atoms with Crippen LogP contribution in [0.15, 0.2) is 54.4 Å². The standard InChI is InChI=1S/C23H26N6S/c1-5-28(6-2)19-9-7-16(3)20(11-19)26-23-27-21(14-30-23)18-8-10-22(24-12-18)29-13-17(4)25-15-29/h7-15H,5-6H2,1-4H3,(H,26,27). The van der Waals surface area contributed by atoms with Gasteiger partial charge >= 0.3 is 0 Å². The number of nitrogens with one attached hydrogen (secondary N) is 1. The Hall–Kier alpha value is -3.19. The number of thiazole rings is 1. The molecule has 6 nitrogen and oxygen atoms in total. The molecule has 0 atom stereocenters. The molecule has 0 spiro atoms. The molecule has 0 saturated carbocycles. The van der Waals surface area contributed by atoms with Crippen LogP contribution in [0.3, 0.4) is 0 Å². The van der Waals surface area contributed by atoms with Crippen molar-refractivity contribution in [2.24, 2.45) is 0 Å². The number of imidazole rings is 1. The van der Waals surface area contributed by atoms with Crippen LogP contribution in [0, 0.1) is 13.8 Å². The fraction of sp³-hybridized carbons (Fsp3) is 0.261. The highest BCUT2D eigenvalue weighted by Gasteiger charge is 2.10. The number of pyridine rings is 1. The minimum Gasteiger partial charge on any atom is -0.372 e. The van der Waals surface area contributed by atoms with Crippen molar-refractivity contribution in [2.75, 3.05) is 23.3 Å². The van der Waals surface area contributed by atoms with Gasteiger partial charge in [0.15, 0.2) is 5.13 Å². The van der Waals surface area contributed by atoms with E-state index in [2.05, 4.69) is 64.5 Å². The molecule has 1 aromatic carbocycles. The number of aryl methyl sites for hydroxylation is 2. The van der Waals surface area contributed by atoms with Gasteiger partial charge in [-0.15, -0.1) is 11.3 Å². The maximum Gasteiger partial charge on any atom is 0.187 e. The molecule has 7 heteroatoms. The number of rotatable bonds is 7. The molecule has 4 aromatic rings. The maximum absolute atomic E-state index is 4.77. The van der Waals surface area contributed by atoms with E-state index in [4.69, 9.17) is 4.98 Å². The smallest absolute Gasteiger partial charge is 0.187 e. The SMILES string of the molecule is CCN(CC)c1ccc(C)c(Nc2nc(-c3ccc(-n4cnc(C)c4)nc3)cs2)c1. The van der Waals surface area contributed by atoms with Crippen LogP contribution in [-0.2, 0) is 0 Å². The van der Waals surface area contributed by atoms with Crippen LogP contribution in [0.4, 0.5) is 16.5 Å². The topological polar surface area (TPSA) is 58.9 Å². The second kappa shape index (κ2) is 8.67. The van der Waals surface area contributed by atoms with Gasteiger partial charge < -0.3 is 10.2 Å². The van der Waals surface area contributed by atoms with E-state index in [0.717, 1.165) is 46.7 Å². The Kier molecular flexibility index (Phi) is 5.81. The van der Waals surface area contributed by atoms with Gasteiger partial charge in [-0.1, -0.05) is 6.07 Å². The second-order valence-corrected chi connectivity index (χ2v) is 8.02. The summed E-state index contributed by atoms with van der Waals surface area (Å²) in [7, 11) is 0. The first-order valence-electron chi connectivity index (χ1n) is 10.1. The maximum atomic E-state index is 4.77. The summed E-state index contributed by atoms with van der Waals surface area (Å²) < 4.78 is 1.92. The number of hydrogen-bond donors (Lipinski definition) is 1. The molecule has 0 bridgehead atoms. The van der Waals surface area contributed by atoms with Crippen molar-refractivity contribution in [3.63, 3.8) is 0 Å². The van der Waals surface area contributed by atoms with E-state index in [0.29, 0.717) is 0 Å². The molecule has 0 saturated heterocycles. The predicted molar refractivity (Wildman–Crippen MR) is 125 cm³/mol. The van der Waals surface area contributed by atoms with E-state index >= 15 is 0 Å². The predicted octanol–water partition coefficient (Wildman–Crippen LogP) is 5.60. The highest BCUT2D eigenvalue weighted by Crippen LogP contribution is 2.30. The first-order chi connectivity index (χ1) is 14.6. The zero-order valence-corrected chi connectivity index (χ0v) is 18.6. The van der Waals surface area contributed by atoms with Crippen LogP contribution in [0.2, 0.25) is 0 Å². The molecule has 30 heavy (non-hydrogen) atoms. The van der Waals surface area contributed by atoms with Crippen LogP contribution in [0.5, 0.6) is 0 Å². The average Bonchev–Trinajstić information content (AvgIpc) is 3.40. The number of anilines is 3. The molecule has 4 rings (SSSR count). The lowest BCUT2D eigenvalue weighted by Crippen LogP contribution is -2.21. The lowest BCUT2D eigenvalue weighted by molar-refractivity contribution is 0.866. The van der Waals surface area contributed by atoms with Crippen LogP contribution >= 0.6 is 11.3 Å². The fourth-order valence-electron chi connectivity index (χ4n) is 3.35. The Labute approximate surface area is 181 Å². The Bertz CT molecular complexity index is 1120. The molecule has 0 unspecified atom stereocenters. The molecule has 0 radical (unpaired) electrons. The van der Waals surface area contributed by atoms with Crippen molar-refractivity contribution in [2.45, 2.75) is 27.7 Å². The summed E-state index contributed by atoms with van der Waals surface area (Å²) in [4.78, 5) is 15.9. The summed E-state index contributed by atoms with van der Waals surface area (Å²) in [6.45, 7) is 10.4. The summed E-state index contributed by atoms with van der Waals surface area (Å²) >= 11 is 1.60. The minimum atomic E-state index is 0.844. The van der Waals surface area contributed by atoms with E-state index < -0.39 is 0 Å². The van der Waals surface area contributed by atoms with Gasteiger partial charge in [-0.05, 0) is 57.5 Å². The Morgan fingerprint density at radius 2 is 1.90 bits per heavy atom. The summed E-state index contributed by atoms with van der Waals surface area (Å²) in [6, 6.07) is 10.6. The van der Waals surface area contributed by atoms with Gasteiger partial charge in [-0.3, -0.25) is 4.57 Å². The molecule has 1 N–H and O–H groups in total. The number of hydrogen-bond acceptors (Lipinski definition) is 6. The van der Waals surface area contributed by atoms with Crippen LogP contribution < -0.4 is 10.2 Å². The number of benzene rings is 1. The zero-order valence-electron chi connectivity index (χ0n) is 17.8. The summed E-state index contributed by atoms with van der Waals surface area (Å²) in [5, 5.41) is 6.43. The Morgan fingerprint density at radius 3 is 2.57 bits per heavy atom. The molecule has 0 aliphatic carbocycles. The first-order valence-corrected chi connectivity index (χ1v) is 11.0. The summed E-state index contributed by atoms with van der Waals surface area (Å²) in [5.41, 5.74) is 6.39. The molecule has 0 aliphatic heterocycles. The van der Waals surface area contributed by atoms with E-state index in [1.54, 1.807) is 17.7 Å². The third-order valence-electron chi connectivity index (χ3n) is 5.12. The van der Waals surface area contributed by atoms with Crippen LogP contribution in [0.1, 0.15) is 25.1 Å². The molecule has 3 aromatic heterocycles. The van der Waals surface area contributed by atoms with Crippen LogP contribution in [-0.4, -0.2) is 32.6 Å². The van der Waals surface area contributed by atoms with Crippen molar-refractivity contribution >= 4 is 27.8 Å². The fourth-order valence-corrected chi connectivity index (χ4v) is 4.08. The van der Waals surface area contributed by atoms with Gasteiger partial charge in [0, 0.05) is 47.8 Å². The van der Waals surface area contributed by atoms with E-state index in [-0.39, 0.29) is 0 Å². The first kappa shape index (κ1) is 20.1. The lowest BCUT2D eigenvalue weighted by Gasteiger charge is -2.22. The van der Waals surface area contributed by atoms with Gasteiger partial charge in [0.05, 0.1) is 11.4 Å². The molecule has 3 heterocycles. The largest absolute Gasteiger partial charge is 0.372 e. The quantitative estimate of drug-likeness (QED) is 0.423. The Balaban J connectivity index is 1.53. The average molecular weight is 419 g/mol. The highest BCUT2D eigenvalue weighted by molar-refractivity contribution is 7.14. The van der Waals surface area contributed by atoms with E-state index in [1.165, 1.54) is 11.3 Å². The molecule has 154 valence electrons.